The Kier molecular flexibility index (Phi) is 4.19. The summed E-state index contributed by atoms with van der Waals surface area (Å²) < 4.78 is 14.3. The van der Waals surface area contributed by atoms with Gasteiger partial charge in [0.1, 0.15) is 10.7 Å². The Morgan fingerprint density at radius 1 is 1.24 bits per heavy atom. The van der Waals surface area contributed by atoms with Crippen LogP contribution in [0.2, 0.25) is 5.02 Å². The summed E-state index contributed by atoms with van der Waals surface area (Å²) in [5.41, 5.74) is 2.52. The van der Waals surface area contributed by atoms with Crippen LogP contribution >= 0.6 is 22.9 Å². The summed E-state index contributed by atoms with van der Waals surface area (Å²) >= 11 is 7.92. The van der Waals surface area contributed by atoms with E-state index in [9.17, 15) is 14.0 Å². The van der Waals surface area contributed by atoms with E-state index in [1.807, 2.05) is 25.1 Å². The highest BCUT2D eigenvalue weighted by atomic mass is 35.5. The zero-order chi connectivity index (χ0) is 20.3. The Morgan fingerprint density at radius 3 is 2.72 bits per heavy atom. The van der Waals surface area contributed by atoms with E-state index >= 15 is 0 Å². The average Bonchev–Trinajstić information content (AvgIpc) is 3.20. The van der Waals surface area contributed by atoms with Gasteiger partial charge in [-0.25, -0.2) is 4.39 Å². The molecule has 0 bridgehead atoms. The predicted octanol–water partition coefficient (Wildman–Crippen LogP) is 4.77. The monoisotopic (exact) mass is 428 g/mol. The Bertz CT molecular complexity index is 1180. The fourth-order valence-electron chi connectivity index (χ4n) is 4.30. The molecule has 0 unspecified atom stereocenters. The minimum Gasteiger partial charge on any atom is -0.347 e. The molecule has 5 rings (SSSR count). The zero-order valence-electron chi connectivity index (χ0n) is 15.7. The fourth-order valence-corrected chi connectivity index (χ4v) is 5.82. The molecule has 2 saturated heterocycles. The molecule has 3 heterocycles. The van der Waals surface area contributed by atoms with Crippen molar-refractivity contribution in [2.75, 3.05) is 13.1 Å². The summed E-state index contributed by atoms with van der Waals surface area (Å²) in [7, 11) is 0. The molecule has 1 N–H and O–H groups in total. The molecule has 0 saturated carbocycles. The van der Waals surface area contributed by atoms with E-state index in [1.54, 1.807) is 11.0 Å². The van der Waals surface area contributed by atoms with Gasteiger partial charge in [0.25, 0.3) is 5.91 Å². The maximum absolute atomic E-state index is 13.4. The van der Waals surface area contributed by atoms with E-state index in [0.717, 1.165) is 33.2 Å². The number of benzene rings is 2. The minimum atomic E-state index is -0.259. The van der Waals surface area contributed by atoms with E-state index < -0.39 is 0 Å². The molecule has 1 spiro atoms. The number of nitrogens with one attached hydrogen (secondary N) is 1. The number of thiophene rings is 1. The number of amides is 2. The molecule has 2 aliphatic heterocycles. The minimum absolute atomic E-state index is 0.0561. The van der Waals surface area contributed by atoms with Gasteiger partial charge in [-0.05, 0) is 48.2 Å². The number of carbonyl (C=O) groups is 2. The first-order chi connectivity index (χ1) is 13.8. The number of carbonyl (C=O) groups excluding carboxylic acids is 2. The molecule has 4 nitrogen and oxygen atoms in total. The summed E-state index contributed by atoms with van der Waals surface area (Å²) in [5.74, 6) is -0.298. The third-order valence-corrected chi connectivity index (χ3v) is 7.48. The first kappa shape index (κ1) is 18.6. The standard InChI is InChI=1S/C22H18ClFN2O2S/c1-12-8-14(24)3-5-15(12)13-2-4-16-17(9-13)29-20(19(16)23)21(28)26-10-22(11-26)7-6-18(27)25-22/h2-5,8-9H,6-7,10-11H2,1H3,(H,25,27). The van der Waals surface area contributed by atoms with Crippen molar-refractivity contribution < 1.29 is 14.0 Å². The van der Waals surface area contributed by atoms with E-state index in [0.29, 0.717) is 29.4 Å². The number of hydrogen-bond acceptors (Lipinski definition) is 3. The molecule has 0 atom stereocenters. The third kappa shape index (κ3) is 3.02. The lowest BCUT2D eigenvalue weighted by atomic mass is 9.88. The Balaban J connectivity index is 1.44. The van der Waals surface area contributed by atoms with Gasteiger partial charge < -0.3 is 10.2 Å². The molecular formula is C22H18ClFN2O2S. The van der Waals surface area contributed by atoms with Crippen molar-refractivity contribution in [1.82, 2.24) is 10.2 Å². The first-order valence-electron chi connectivity index (χ1n) is 9.44. The highest BCUT2D eigenvalue weighted by Gasteiger charge is 2.49. The topological polar surface area (TPSA) is 49.4 Å². The molecule has 29 heavy (non-hydrogen) atoms. The normalized spacial score (nSPS) is 17.6. The summed E-state index contributed by atoms with van der Waals surface area (Å²) in [6.07, 6.45) is 1.30. The SMILES string of the molecule is Cc1cc(F)ccc1-c1ccc2c(Cl)c(C(=O)N3CC4(CCC(=O)N4)C3)sc2c1. The predicted molar refractivity (Wildman–Crippen MR) is 113 cm³/mol. The van der Waals surface area contributed by atoms with Crippen LogP contribution in [-0.2, 0) is 4.79 Å². The Hall–Kier alpha value is -2.44. The second-order valence-electron chi connectivity index (χ2n) is 7.91. The van der Waals surface area contributed by atoms with Crippen LogP contribution in [0.15, 0.2) is 36.4 Å². The largest absolute Gasteiger partial charge is 0.347 e. The molecule has 7 heteroatoms. The van der Waals surface area contributed by atoms with Crippen molar-refractivity contribution in [2.24, 2.45) is 0 Å². The summed E-state index contributed by atoms with van der Waals surface area (Å²) in [4.78, 5) is 26.8. The second kappa shape index (κ2) is 6.54. The van der Waals surface area contributed by atoms with Gasteiger partial charge in [0, 0.05) is 29.6 Å². The van der Waals surface area contributed by atoms with Crippen LogP contribution in [0, 0.1) is 12.7 Å². The van der Waals surface area contributed by atoms with Gasteiger partial charge in [0.15, 0.2) is 0 Å². The molecule has 0 aliphatic carbocycles. The highest BCUT2D eigenvalue weighted by Crippen LogP contribution is 2.40. The number of aryl methyl sites for hydroxylation is 1. The van der Waals surface area contributed by atoms with Gasteiger partial charge in [0.05, 0.1) is 10.6 Å². The fraction of sp³-hybridized carbons (Fsp3) is 0.273. The molecule has 2 aliphatic rings. The van der Waals surface area contributed by atoms with E-state index in [1.165, 1.54) is 23.5 Å². The van der Waals surface area contributed by atoms with Gasteiger partial charge in [-0.2, -0.15) is 0 Å². The maximum Gasteiger partial charge on any atom is 0.265 e. The van der Waals surface area contributed by atoms with Crippen molar-refractivity contribution >= 4 is 44.8 Å². The molecule has 148 valence electrons. The van der Waals surface area contributed by atoms with Crippen molar-refractivity contribution in [3.63, 3.8) is 0 Å². The van der Waals surface area contributed by atoms with Gasteiger partial charge in [-0.15, -0.1) is 11.3 Å². The summed E-state index contributed by atoms with van der Waals surface area (Å²) in [5, 5.41) is 4.30. The summed E-state index contributed by atoms with van der Waals surface area (Å²) in [6.45, 7) is 2.94. The van der Waals surface area contributed by atoms with Crippen LogP contribution in [0.25, 0.3) is 21.2 Å². The van der Waals surface area contributed by atoms with Crippen molar-refractivity contribution in [3.05, 3.63) is 57.7 Å². The number of hydrogen-bond donors (Lipinski definition) is 1. The van der Waals surface area contributed by atoms with Gasteiger partial charge in [-0.3, -0.25) is 9.59 Å². The molecule has 0 radical (unpaired) electrons. The van der Waals surface area contributed by atoms with E-state index in [2.05, 4.69) is 5.32 Å². The maximum atomic E-state index is 13.4. The molecule has 2 amide bonds. The Morgan fingerprint density at radius 2 is 2.03 bits per heavy atom. The van der Waals surface area contributed by atoms with Gasteiger partial charge in [-0.1, -0.05) is 29.8 Å². The molecule has 2 fully saturated rings. The lowest BCUT2D eigenvalue weighted by Gasteiger charge is -2.47. The van der Waals surface area contributed by atoms with Crippen LogP contribution in [0.3, 0.4) is 0 Å². The zero-order valence-corrected chi connectivity index (χ0v) is 17.3. The molecular weight excluding hydrogens is 411 g/mol. The third-order valence-electron chi connectivity index (χ3n) is 5.83. The van der Waals surface area contributed by atoms with Crippen molar-refractivity contribution in [1.29, 1.82) is 0 Å². The lowest BCUT2D eigenvalue weighted by molar-refractivity contribution is -0.120. The van der Waals surface area contributed by atoms with E-state index in [4.69, 9.17) is 11.6 Å². The highest BCUT2D eigenvalue weighted by molar-refractivity contribution is 7.21. The van der Waals surface area contributed by atoms with Crippen LogP contribution < -0.4 is 5.32 Å². The van der Waals surface area contributed by atoms with Gasteiger partial charge >= 0.3 is 0 Å². The first-order valence-corrected chi connectivity index (χ1v) is 10.6. The number of rotatable bonds is 2. The molecule has 3 aromatic rings. The number of nitrogens with zero attached hydrogens (tertiary/aromatic N) is 1. The average molecular weight is 429 g/mol. The number of fused-ring (bicyclic) bond motifs is 1. The Labute approximate surface area is 176 Å². The molecule has 1 aromatic heterocycles. The lowest BCUT2D eigenvalue weighted by Crippen LogP contribution is -2.68. The van der Waals surface area contributed by atoms with Crippen molar-refractivity contribution in [3.8, 4) is 11.1 Å². The molecule has 2 aromatic carbocycles. The van der Waals surface area contributed by atoms with E-state index in [-0.39, 0.29) is 23.2 Å². The van der Waals surface area contributed by atoms with Crippen LogP contribution in [0.4, 0.5) is 4.39 Å². The van der Waals surface area contributed by atoms with Crippen molar-refractivity contribution in [2.45, 2.75) is 25.3 Å². The number of likely N-dealkylation sites (tertiary alicyclic amines) is 1. The van der Waals surface area contributed by atoms with Crippen LogP contribution in [0.1, 0.15) is 28.1 Å². The summed E-state index contributed by atoms with van der Waals surface area (Å²) in [6, 6.07) is 10.6. The van der Waals surface area contributed by atoms with Gasteiger partial charge in [0.2, 0.25) is 5.91 Å². The number of halogens is 2. The smallest absolute Gasteiger partial charge is 0.265 e. The van der Waals surface area contributed by atoms with Crippen LogP contribution in [0.5, 0.6) is 0 Å². The second-order valence-corrected chi connectivity index (χ2v) is 9.34. The quantitative estimate of drug-likeness (QED) is 0.639. The van der Waals surface area contributed by atoms with Crippen LogP contribution in [-0.4, -0.2) is 35.3 Å².